The largest absolute Gasteiger partial charge is 0.330 e. The quantitative estimate of drug-likeness (QED) is 0.602. The Morgan fingerprint density at radius 1 is 1.00 bits per heavy atom. The average molecular weight is 331 g/mol. The van der Waals surface area contributed by atoms with Crippen LogP contribution in [0.1, 0.15) is 0 Å². The van der Waals surface area contributed by atoms with Crippen LogP contribution < -0.4 is 0 Å². The molecule has 2 nitrogen and oxygen atoms in total. The number of hydrogen-bond acceptors (Lipinski definition) is 1. The van der Waals surface area contributed by atoms with Crippen LogP contribution in [0.2, 0.25) is 10.0 Å². The number of imidazole rings is 1. The number of aromatic amines is 1. The Morgan fingerprint density at radius 2 is 1.70 bits per heavy atom. The molecule has 1 heterocycles. The molecule has 7 heteroatoms. The van der Waals surface area contributed by atoms with Crippen LogP contribution >= 0.6 is 35.4 Å². The fourth-order valence-electron chi connectivity index (χ4n) is 1.98. The summed E-state index contributed by atoms with van der Waals surface area (Å²) in [7, 11) is 0. The Hall–Kier alpha value is -1.43. The van der Waals surface area contributed by atoms with E-state index in [1.165, 1.54) is 30.3 Å². The fraction of sp³-hybridized carbons (Fsp3) is 0. The van der Waals surface area contributed by atoms with Crippen molar-refractivity contribution >= 4 is 46.5 Å². The van der Waals surface area contributed by atoms with E-state index in [9.17, 15) is 8.78 Å². The minimum atomic E-state index is -0.542. The topological polar surface area (TPSA) is 20.7 Å². The molecular weight excluding hydrogens is 325 g/mol. The minimum Gasteiger partial charge on any atom is -0.330 e. The van der Waals surface area contributed by atoms with Gasteiger partial charge in [0.15, 0.2) is 4.77 Å². The van der Waals surface area contributed by atoms with Gasteiger partial charge in [-0.15, -0.1) is 0 Å². The molecule has 3 rings (SSSR count). The summed E-state index contributed by atoms with van der Waals surface area (Å²) in [5, 5.41) is -0.0413. The lowest BCUT2D eigenvalue weighted by Crippen LogP contribution is -1.95. The lowest BCUT2D eigenvalue weighted by atomic mass is 10.2. The van der Waals surface area contributed by atoms with Gasteiger partial charge in [0.1, 0.15) is 11.6 Å². The van der Waals surface area contributed by atoms with E-state index >= 15 is 0 Å². The molecule has 0 amide bonds. The van der Waals surface area contributed by atoms with E-state index in [2.05, 4.69) is 4.98 Å². The molecule has 20 heavy (non-hydrogen) atoms. The highest BCUT2D eigenvalue weighted by Crippen LogP contribution is 2.27. The molecule has 0 aliphatic heterocycles. The second kappa shape index (κ2) is 4.84. The van der Waals surface area contributed by atoms with Gasteiger partial charge in [-0.25, -0.2) is 8.78 Å². The number of H-pyrrole nitrogens is 1. The molecule has 0 saturated heterocycles. The predicted molar refractivity (Wildman–Crippen MR) is 78.4 cm³/mol. The Kier molecular flexibility index (Phi) is 3.28. The second-order valence-electron chi connectivity index (χ2n) is 4.15. The maximum atomic E-state index is 13.4. The molecule has 0 unspecified atom stereocenters. The highest BCUT2D eigenvalue weighted by Gasteiger charge is 2.11. The Labute approximate surface area is 127 Å². The molecule has 1 aromatic heterocycles. The van der Waals surface area contributed by atoms with Crippen molar-refractivity contribution in [3.63, 3.8) is 0 Å². The summed E-state index contributed by atoms with van der Waals surface area (Å²) in [6.07, 6.45) is 0. The van der Waals surface area contributed by atoms with Crippen LogP contribution in [0.4, 0.5) is 8.78 Å². The number of rotatable bonds is 1. The monoisotopic (exact) mass is 330 g/mol. The first-order valence-corrected chi connectivity index (χ1v) is 6.69. The first kappa shape index (κ1) is 13.5. The molecule has 2 aromatic carbocycles. The van der Waals surface area contributed by atoms with Crippen molar-refractivity contribution in [3.05, 3.63) is 56.8 Å². The van der Waals surface area contributed by atoms with Crippen LogP contribution in [0.25, 0.3) is 16.7 Å². The standard InChI is InChI=1S/C13H6Cl2F2N2S/c14-7-3-6(1-2-9(7)16)19-12-4-8(15)10(17)5-11(12)18-13(19)20/h1-5H,(H,18,20). The van der Waals surface area contributed by atoms with Gasteiger partial charge in [-0.05, 0) is 36.5 Å². The zero-order chi connectivity index (χ0) is 14.4. The normalized spacial score (nSPS) is 11.2. The van der Waals surface area contributed by atoms with Gasteiger partial charge in [0.2, 0.25) is 0 Å². The first-order valence-electron chi connectivity index (χ1n) is 5.52. The van der Waals surface area contributed by atoms with Crippen molar-refractivity contribution in [1.82, 2.24) is 9.55 Å². The first-order chi connectivity index (χ1) is 9.47. The maximum absolute atomic E-state index is 13.4. The summed E-state index contributed by atoms with van der Waals surface area (Å²) >= 11 is 16.8. The zero-order valence-electron chi connectivity index (χ0n) is 9.75. The predicted octanol–water partition coefficient (Wildman–Crippen LogP) is 5.27. The summed E-state index contributed by atoms with van der Waals surface area (Å²) in [6.45, 7) is 0. The van der Waals surface area contributed by atoms with Gasteiger partial charge in [-0.2, -0.15) is 0 Å². The summed E-state index contributed by atoms with van der Waals surface area (Å²) in [4.78, 5) is 2.87. The fourth-order valence-corrected chi connectivity index (χ4v) is 2.63. The van der Waals surface area contributed by atoms with Crippen LogP contribution in [-0.2, 0) is 0 Å². The SMILES string of the molecule is Fc1ccc(-n2c(=S)[nH]c3cc(F)c(Cl)cc32)cc1Cl. The molecule has 3 aromatic rings. The number of hydrogen-bond donors (Lipinski definition) is 1. The molecule has 0 saturated carbocycles. The Bertz CT molecular complexity index is 886. The molecule has 0 fully saturated rings. The number of fused-ring (bicyclic) bond motifs is 1. The number of halogens is 4. The van der Waals surface area contributed by atoms with E-state index in [-0.39, 0.29) is 10.0 Å². The van der Waals surface area contributed by atoms with E-state index in [1.807, 2.05) is 0 Å². The molecule has 0 atom stereocenters. The summed E-state index contributed by atoms with van der Waals surface area (Å²) in [5.41, 5.74) is 1.65. The van der Waals surface area contributed by atoms with Gasteiger partial charge in [0.25, 0.3) is 0 Å². The van der Waals surface area contributed by atoms with Crippen LogP contribution in [0, 0.1) is 16.4 Å². The van der Waals surface area contributed by atoms with Gasteiger partial charge in [-0.3, -0.25) is 4.57 Å². The second-order valence-corrected chi connectivity index (χ2v) is 5.35. The van der Waals surface area contributed by atoms with E-state index < -0.39 is 11.6 Å². The molecule has 1 N–H and O–H groups in total. The molecule has 0 bridgehead atoms. The summed E-state index contributed by atoms with van der Waals surface area (Å²) < 4.78 is 28.6. The van der Waals surface area contributed by atoms with Crippen molar-refractivity contribution in [2.45, 2.75) is 0 Å². The molecule has 102 valence electrons. The van der Waals surface area contributed by atoms with Crippen molar-refractivity contribution in [3.8, 4) is 5.69 Å². The van der Waals surface area contributed by atoms with Crippen LogP contribution in [0.3, 0.4) is 0 Å². The Balaban J connectivity index is 2.35. The maximum Gasteiger partial charge on any atom is 0.182 e. The summed E-state index contributed by atoms with van der Waals surface area (Å²) in [6, 6.07) is 6.92. The van der Waals surface area contributed by atoms with Crippen molar-refractivity contribution in [2.75, 3.05) is 0 Å². The van der Waals surface area contributed by atoms with E-state index in [0.717, 1.165) is 0 Å². The minimum absolute atomic E-state index is 0.0199. The number of aromatic nitrogens is 2. The zero-order valence-corrected chi connectivity index (χ0v) is 12.1. The average Bonchev–Trinajstić information content (AvgIpc) is 2.69. The van der Waals surface area contributed by atoms with Crippen LogP contribution in [0.5, 0.6) is 0 Å². The third-order valence-electron chi connectivity index (χ3n) is 2.89. The smallest absolute Gasteiger partial charge is 0.182 e. The van der Waals surface area contributed by atoms with E-state index in [1.54, 1.807) is 4.57 Å². The molecule has 0 aliphatic carbocycles. The number of nitrogens with zero attached hydrogens (tertiary/aromatic N) is 1. The van der Waals surface area contributed by atoms with Gasteiger partial charge < -0.3 is 4.98 Å². The van der Waals surface area contributed by atoms with Gasteiger partial charge in [0, 0.05) is 6.07 Å². The Morgan fingerprint density at radius 3 is 2.40 bits per heavy atom. The van der Waals surface area contributed by atoms with Crippen molar-refractivity contribution < 1.29 is 8.78 Å². The van der Waals surface area contributed by atoms with E-state index in [4.69, 9.17) is 35.4 Å². The lowest BCUT2D eigenvalue weighted by Gasteiger charge is -2.06. The van der Waals surface area contributed by atoms with Gasteiger partial charge in [0.05, 0.1) is 26.8 Å². The summed E-state index contributed by atoms with van der Waals surface area (Å²) in [5.74, 6) is -1.06. The molecule has 0 radical (unpaired) electrons. The number of nitrogens with one attached hydrogen (secondary N) is 1. The number of benzene rings is 2. The molecule has 0 spiro atoms. The van der Waals surface area contributed by atoms with Gasteiger partial charge in [-0.1, -0.05) is 23.2 Å². The third kappa shape index (κ3) is 2.12. The van der Waals surface area contributed by atoms with E-state index in [0.29, 0.717) is 21.5 Å². The molecule has 0 aliphatic rings. The van der Waals surface area contributed by atoms with Crippen LogP contribution in [-0.4, -0.2) is 9.55 Å². The highest BCUT2D eigenvalue weighted by atomic mass is 35.5. The van der Waals surface area contributed by atoms with Gasteiger partial charge >= 0.3 is 0 Å². The van der Waals surface area contributed by atoms with Crippen molar-refractivity contribution in [1.29, 1.82) is 0 Å². The van der Waals surface area contributed by atoms with Crippen LogP contribution in [0.15, 0.2) is 30.3 Å². The van der Waals surface area contributed by atoms with Crippen molar-refractivity contribution in [2.24, 2.45) is 0 Å². The highest BCUT2D eigenvalue weighted by molar-refractivity contribution is 7.71. The molecular formula is C13H6Cl2F2N2S. The lowest BCUT2D eigenvalue weighted by molar-refractivity contribution is 0.628. The third-order valence-corrected chi connectivity index (χ3v) is 3.75.